The average Bonchev–Trinajstić information content (AvgIpc) is 2.34. The second kappa shape index (κ2) is 6.11. The average molecular weight is 302 g/mol. The summed E-state index contributed by atoms with van der Waals surface area (Å²) in [6, 6.07) is 5.53. The highest BCUT2D eigenvalue weighted by atomic mass is 16.2. The van der Waals surface area contributed by atoms with E-state index in [0.29, 0.717) is 5.56 Å². The van der Waals surface area contributed by atoms with Crippen LogP contribution in [0, 0.1) is 18.3 Å². The molecule has 2 N–H and O–H groups in total. The quantitative estimate of drug-likeness (QED) is 0.894. The molecule has 2 amide bonds. The summed E-state index contributed by atoms with van der Waals surface area (Å²) in [6.07, 6.45) is 1.87. The van der Waals surface area contributed by atoms with Crippen molar-refractivity contribution in [2.24, 2.45) is 11.3 Å². The van der Waals surface area contributed by atoms with Gasteiger partial charge in [0.1, 0.15) is 0 Å². The first kappa shape index (κ1) is 16.5. The van der Waals surface area contributed by atoms with E-state index in [9.17, 15) is 9.59 Å². The molecule has 2 rings (SSSR count). The lowest BCUT2D eigenvalue weighted by Crippen LogP contribution is -2.39. The fourth-order valence-corrected chi connectivity index (χ4v) is 3.04. The number of hydrogen-bond acceptors (Lipinski definition) is 2. The molecule has 0 aliphatic heterocycles. The summed E-state index contributed by atoms with van der Waals surface area (Å²) in [6.45, 7) is 10.1. The third-order valence-corrected chi connectivity index (χ3v) is 4.13. The second-order valence-corrected chi connectivity index (χ2v) is 7.42. The van der Waals surface area contributed by atoms with E-state index < -0.39 is 0 Å². The van der Waals surface area contributed by atoms with Crippen LogP contribution in [0.3, 0.4) is 0 Å². The first-order chi connectivity index (χ1) is 10.2. The number of nitrogens with one attached hydrogen (secondary N) is 2. The van der Waals surface area contributed by atoms with Gasteiger partial charge in [0.25, 0.3) is 5.91 Å². The lowest BCUT2D eigenvalue weighted by atomic mass is 9.64. The lowest BCUT2D eigenvalue weighted by Gasteiger charge is -2.41. The van der Waals surface area contributed by atoms with Crippen LogP contribution >= 0.6 is 0 Å². The molecule has 1 saturated carbocycles. The molecular formula is C18H26N2O2. The maximum absolute atomic E-state index is 12.2. The Morgan fingerprint density at radius 1 is 1.23 bits per heavy atom. The van der Waals surface area contributed by atoms with Crippen molar-refractivity contribution < 1.29 is 9.59 Å². The molecule has 1 aliphatic rings. The number of amides is 2. The normalized spacial score (nSPS) is 17.0. The van der Waals surface area contributed by atoms with Crippen molar-refractivity contribution in [1.29, 1.82) is 0 Å². The Morgan fingerprint density at radius 3 is 2.36 bits per heavy atom. The summed E-state index contributed by atoms with van der Waals surface area (Å²) in [4.78, 5) is 24.2. The Labute approximate surface area is 132 Å². The van der Waals surface area contributed by atoms with Gasteiger partial charge in [-0.1, -0.05) is 13.8 Å². The molecule has 0 saturated heterocycles. The fraction of sp³-hybridized carbons (Fsp3) is 0.556. The summed E-state index contributed by atoms with van der Waals surface area (Å²) in [5.74, 6) is 0.114. The van der Waals surface area contributed by atoms with Crippen molar-refractivity contribution in [2.75, 3.05) is 5.32 Å². The molecule has 1 aromatic carbocycles. The molecule has 120 valence electrons. The number of rotatable bonds is 4. The van der Waals surface area contributed by atoms with Crippen LogP contribution < -0.4 is 10.6 Å². The van der Waals surface area contributed by atoms with Crippen molar-refractivity contribution in [3.63, 3.8) is 0 Å². The van der Waals surface area contributed by atoms with Gasteiger partial charge in [-0.2, -0.15) is 0 Å². The van der Waals surface area contributed by atoms with Gasteiger partial charge in [-0.15, -0.1) is 0 Å². The third kappa shape index (κ3) is 3.87. The second-order valence-electron chi connectivity index (χ2n) is 7.42. The van der Waals surface area contributed by atoms with Crippen LogP contribution in [0.1, 0.15) is 56.5 Å². The molecule has 0 heterocycles. The van der Waals surface area contributed by atoms with Gasteiger partial charge in [-0.3, -0.25) is 9.59 Å². The minimum atomic E-state index is -0.0777. The van der Waals surface area contributed by atoms with E-state index in [0.717, 1.165) is 24.1 Å². The first-order valence-corrected chi connectivity index (χ1v) is 7.90. The number of aryl methyl sites for hydroxylation is 1. The van der Waals surface area contributed by atoms with E-state index in [4.69, 9.17) is 0 Å². The Morgan fingerprint density at radius 2 is 1.86 bits per heavy atom. The highest BCUT2D eigenvalue weighted by Gasteiger charge is 2.40. The van der Waals surface area contributed by atoms with Gasteiger partial charge in [-0.05, 0) is 62.8 Å². The van der Waals surface area contributed by atoms with Crippen LogP contribution in [0.5, 0.6) is 0 Å². The number of hydrogen-bond donors (Lipinski definition) is 2. The standard InChI is InChI=1S/C18H26N2O2/c1-11(2)19-17(22)15-7-6-14(8-12(15)3)20-16(21)13-9-18(4,5)10-13/h6-8,11,13H,9-10H2,1-5H3,(H,19,22)(H,20,21). The van der Waals surface area contributed by atoms with Gasteiger partial charge >= 0.3 is 0 Å². The van der Waals surface area contributed by atoms with Crippen LogP contribution in [-0.4, -0.2) is 17.9 Å². The van der Waals surface area contributed by atoms with E-state index in [1.54, 1.807) is 12.1 Å². The lowest BCUT2D eigenvalue weighted by molar-refractivity contribution is -0.126. The number of carbonyl (C=O) groups excluding carboxylic acids is 2. The molecule has 4 heteroatoms. The fourth-order valence-electron chi connectivity index (χ4n) is 3.04. The molecule has 0 bridgehead atoms. The predicted molar refractivity (Wildman–Crippen MR) is 88.9 cm³/mol. The van der Waals surface area contributed by atoms with Crippen LogP contribution in [0.15, 0.2) is 18.2 Å². The number of benzene rings is 1. The largest absolute Gasteiger partial charge is 0.350 e. The predicted octanol–water partition coefficient (Wildman–Crippen LogP) is 3.51. The van der Waals surface area contributed by atoms with Crippen LogP contribution in [0.4, 0.5) is 5.69 Å². The van der Waals surface area contributed by atoms with Crippen molar-refractivity contribution in [3.8, 4) is 0 Å². The van der Waals surface area contributed by atoms with Gasteiger partial charge < -0.3 is 10.6 Å². The highest BCUT2D eigenvalue weighted by Crippen LogP contribution is 2.45. The molecule has 0 atom stereocenters. The number of anilines is 1. The SMILES string of the molecule is Cc1cc(NC(=O)C2CC(C)(C)C2)ccc1C(=O)NC(C)C. The number of carbonyl (C=O) groups is 2. The molecule has 1 aliphatic carbocycles. The highest BCUT2D eigenvalue weighted by molar-refractivity contribution is 5.97. The summed E-state index contributed by atoms with van der Waals surface area (Å²) < 4.78 is 0. The van der Waals surface area contributed by atoms with Crippen molar-refractivity contribution in [2.45, 2.75) is 53.5 Å². The van der Waals surface area contributed by atoms with Crippen LogP contribution in [0.25, 0.3) is 0 Å². The van der Waals surface area contributed by atoms with E-state index >= 15 is 0 Å². The molecule has 0 unspecified atom stereocenters. The van der Waals surface area contributed by atoms with Crippen LogP contribution in [0.2, 0.25) is 0 Å². The van der Waals surface area contributed by atoms with Gasteiger partial charge in [-0.25, -0.2) is 0 Å². The van der Waals surface area contributed by atoms with E-state index in [1.807, 2.05) is 26.8 Å². The smallest absolute Gasteiger partial charge is 0.251 e. The zero-order chi connectivity index (χ0) is 16.5. The van der Waals surface area contributed by atoms with Gasteiger partial charge in [0, 0.05) is 23.2 Å². The topological polar surface area (TPSA) is 58.2 Å². The summed E-state index contributed by atoms with van der Waals surface area (Å²) in [5, 5.41) is 5.84. The molecule has 4 nitrogen and oxygen atoms in total. The first-order valence-electron chi connectivity index (χ1n) is 7.90. The maximum Gasteiger partial charge on any atom is 0.251 e. The summed E-state index contributed by atoms with van der Waals surface area (Å²) in [5.41, 5.74) is 2.56. The minimum Gasteiger partial charge on any atom is -0.350 e. The molecule has 0 spiro atoms. The van der Waals surface area contributed by atoms with E-state index in [2.05, 4.69) is 24.5 Å². The zero-order valence-corrected chi connectivity index (χ0v) is 14.1. The Hall–Kier alpha value is -1.84. The molecule has 0 aromatic heterocycles. The van der Waals surface area contributed by atoms with Gasteiger partial charge in [0.2, 0.25) is 5.91 Å². The van der Waals surface area contributed by atoms with Crippen molar-refractivity contribution in [1.82, 2.24) is 5.32 Å². The minimum absolute atomic E-state index is 0.0777. The third-order valence-electron chi connectivity index (χ3n) is 4.13. The Bertz CT molecular complexity index is 583. The van der Waals surface area contributed by atoms with Crippen molar-refractivity contribution >= 4 is 17.5 Å². The van der Waals surface area contributed by atoms with Gasteiger partial charge in [0.15, 0.2) is 0 Å². The molecule has 1 fully saturated rings. The summed E-state index contributed by atoms with van der Waals surface area (Å²) >= 11 is 0. The molecule has 22 heavy (non-hydrogen) atoms. The summed E-state index contributed by atoms with van der Waals surface area (Å²) in [7, 11) is 0. The molecule has 0 radical (unpaired) electrons. The Kier molecular flexibility index (Phi) is 4.59. The monoisotopic (exact) mass is 302 g/mol. The van der Waals surface area contributed by atoms with E-state index in [1.165, 1.54) is 0 Å². The molecular weight excluding hydrogens is 276 g/mol. The maximum atomic E-state index is 12.2. The van der Waals surface area contributed by atoms with Crippen LogP contribution in [-0.2, 0) is 4.79 Å². The molecule has 1 aromatic rings. The zero-order valence-electron chi connectivity index (χ0n) is 14.1. The Balaban J connectivity index is 2.00. The van der Waals surface area contributed by atoms with E-state index in [-0.39, 0.29) is 29.2 Å². The van der Waals surface area contributed by atoms with Crippen molar-refractivity contribution in [3.05, 3.63) is 29.3 Å². The van der Waals surface area contributed by atoms with Gasteiger partial charge in [0.05, 0.1) is 0 Å².